The van der Waals surface area contributed by atoms with Crippen molar-refractivity contribution in [1.29, 1.82) is 0 Å². The number of halogens is 3. The van der Waals surface area contributed by atoms with Gasteiger partial charge in [0.1, 0.15) is 0 Å². The molecule has 4 N–H and O–H groups in total. The van der Waals surface area contributed by atoms with E-state index in [-0.39, 0.29) is 24.9 Å². The molecule has 1 heterocycles. The summed E-state index contributed by atoms with van der Waals surface area (Å²) in [7, 11) is 0. The van der Waals surface area contributed by atoms with Gasteiger partial charge in [0, 0.05) is 17.5 Å². The molecule has 0 saturated carbocycles. The molecule has 10 heteroatoms. The summed E-state index contributed by atoms with van der Waals surface area (Å²) in [6.45, 7) is 3.42. The Morgan fingerprint density at radius 3 is 2.59 bits per heavy atom. The van der Waals surface area contributed by atoms with E-state index in [0.717, 1.165) is 17.0 Å². The van der Waals surface area contributed by atoms with E-state index in [0.29, 0.717) is 17.1 Å². The number of benzene rings is 1. The van der Waals surface area contributed by atoms with Crippen LogP contribution in [-0.2, 0) is 16.0 Å². The number of nitrogens with two attached hydrogens (primary N) is 1. The molecule has 0 radical (unpaired) electrons. The maximum atomic E-state index is 13.2. The Kier molecular flexibility index (Phi) is 8.74. The van der Waals surface area contributed by atoms with Crippen LogP contribution in [0.5, 0.6) is 0 Å². The highest BCUT2D eigenvalue weighted by Crippen LogP contribution is 2.22. The van der Waals surface area contributed by atoms with Crippen molar-refractivity contribution >= 4 is 40.7 Å². The summed E-state index contributed by atoms with van der Waals surface area (Å²) >= 11 is 1.21. The first-order valence-electron chi connectivity index (χ1n) is 7.98. The molecular weight excluding hydrogens is 398 g/mol. The fourth-order valence-electron chi connectivity index (χ4n) is 2.05. The van der Waals surface area contributed by atoms with Crippen molar-refractivity contribution in [2.24, 2.45) is 11.7 Å². The minimum absolute atomic E-state index is 0. The number of hydrogen-bond donors (Lipinski definition) is 3. The predicted octanol–water partition coefficient (Wildman–Crippen LogP) is 2.47. The van der Waals surface area contributed by atoms with Gasteiger partial charge in [-0.2, -0.15) is 0 Å². The van der Waals surface area contributed by atoms with Gasteiger partial charge >= 0.3 is 0 Å². The summed E-state index contributed by atoms with van der Waals surface area (Å²) in [4.78, 5) is 28.4. The quantitative estimate of drug-likeness (QED) is 0.643. The molecule has 1 aromatic carbocycles. The molecule has 2 aromatic rings. The molecule has 0 aliphatic carbocycles. The van der Waals surface area contributed by atoms with Crippen molar-refractivity contribution < 1.29 is 18.4 Å². The van der Waals surface area contributed by atoms with E-state index in [1.165, 1.54) is 17.4 Å². The van der Waals surface area contributed by atoms with Crippen LogP contribution in [0.15, 0.2) is 24.4 Å². The summed E-state index contributed by atoms with van der Waals surface area (Å²) in [5.41, 5.74) is 6.29. The van der Waals surface area contributed by atoms with Gasteiger partial charge in [0.15, 0.2) is 16.8 Å². The Labute approximate surface area is 166 Å². The van der Waals surface area contributed by atoms with Crippen molar-refractivity contribution in [3.05, 3.63) is 46.5 Å². The molecule has 1 atom stereocenters. The molecule has 0 saturated heterocycles. The lowest BCUT2D eigenvalue weighted by molar-refractivity contribution is -0.125. The van der Waals surface area contributed by atoms with Crippen LogP contribution in [0.4, 0.5) is 13.9 Å². The second kappa shape index (κ2) is 10.3. The highest BCUT2D eigenvalue weighted by atomic mass is 35.5. The Bertz CT molecular complexity index is 801. The van der Waals surface area contributed by atoms with Gasteiger partial charge in [-0.3, -0.25) is 9.59 Å². The van der Waals surface area contributed by atoms with Crippen LogP contribution in [0.2, 0.25) is 0 Å². The molecule has 0 spiro atoms. The van der Waals surface area contributed by atoms with Crippen LogP contribution < -0.4 is 16.4 Å². The minimum atomic E-state index is -0.907. The molecule has 6 nitrogen and oxygen atoms in total. The number of carbonyl (C=O) groups excluding carboxylic acids is 2. The Hall–Kier alpha value is -2.10. The second-order valence-corrected chi connectivity index (χ2v) is 7.21. The van der Waals surface area contributed by atoms with Crippen LogP contribution >= 0.6 is 23.7 Å². The predicted molar refractivity (Wildman–Crippen MR) is 103 cm³/mol. The lowest BCUT2D eigenvalue weighted by Gasteiger charge is -2.14. The maximum Gasteiger partial charge on any atom is 0.245 e. The number of hydrogen-bond acceptors (Lipinski definition) is 5. The SMILES string of the molecule is CC(C)[C@H](N)C(=O)NCC(=O)Nc1ncc(Cc2ccc(F)c(F)c2)s1.Cl. The third kappa shape index (κ3) is 6.85. The largest absolute Gasteiger partial charge is 0.346 e. The van der Waals surface area contributed by atoms with Crippen molar-refractivity contribution in [2.45, 2.75) is 26.3 Å². The average Bonchev–Trinajstić information content (AvgIpc) is 3.02. The van der Waals surface area contributed by atoms with Gasteiger partial charge in [0.2, 0.25) is 11.8 Å². The second-order valence-electron chi connectivity index (χ2n) is 6.09. The summed E-state index contributed by atoms with van der Waals surface area (Å²) in [6.07, 6.45) is 1.92. The fourth-order valence-corrected chi connectivity index (χ4v) is 2.91. The van der Waals surface area contributed by atoms with E-state index in [9.17, 15) is 18.4 Å². The Morgan fingerprint density at radius 1 is 1.26 bits per heavy atom. The third-order valence-electron chi connectivity index (χ3n) is 3.61. The van der Waals surface area contributed by atoms with Crippen molar-refractivity contribution in [1.82, 2.24) is 10.3 Å². The zero-order valence-electron chi connectivity index (χ0n) is 14.8. The fraction of sp³-hybridized carbons (Fsp3) is 0.353. The summed E-state index contributed by atoms with van der Waals surface area (Å²) < 4.78 is 26.2. The summed E-state index contributed by atoms with van der Waals surface area (Å²) in [5, 5.41) is 5.39. The monoisotopic (exact) mass is 418 g/mol. The highest BCUT2D eigenvalue weighted by molar-refractivity contribution is 7.15. The number of carbonyl (C=O) groups is 2. The number of aromatic nitrogens is 1. The molecule has 0 bridgehead atoms. The van der Waals surface area contributed by atoms with E-state index in [2.05, 4.69) is 15.6 Å². The van der Waals surface area contributed by atoms with Crippen molar-refractivity contribution in [2.75, 3.05) is 11.9 Å². The van der Waals surface area contributed by atoms with Gasteiger partial charge in [-0.1, -0.05) is 19.9 Å². The molecule has 27 heavy (non-hydrogen) atoms. The molecule has 0 fully saturated rings. The first kappa shape index (κ1) is 22.9. The van der Waals surface area contributed by atoms with Gasteiger partial charge < -0.3 is 16.4 Å². The van der Waals surface area contributed by atoms with Gasteiger partial charge in [-0.25, -0.2) is 13.8 Å². The van der Waals surface area contributed by atoms with Crippen LogP contribution in [0.3, 0.4) is 0 Å². The van der Waals surface area contributed by atoms with Gasteiger partial charge in [-0.15, -0.1) is 23.7 Å². The first-order chi connectivity index (χ1) is 12.3. The minimum Gasteiger partial charge on any atom is -0.346 e. The van der Waals surface area contributed by atoms with Crippen molar-refractivity contribution in [3.8, 4) is 0 Å². The molecular formula is C17H21ClF2N4O2S. The number of rotatable bonds is 7. The van der Waals surface area contributed by atoms with Gasteiger partial charge in [0.05, 0.1) is 12.6 Å². The maximum absolute atomic E-state index is 13.2. The van der Waals surface area contributed by atoms with E-state index >= 15 is 0 Å². The average molecular weight is 419 g/mol. The lowest BCUT2D eigenvalue weighted by Crippen LogP contribution is -2.46. The third-order valence-corrected chi connectivity index (χ3v) is 4.52. The molecule has 2 amide bonds. The zero-order valence-corrected chi connectivity index (χ0v) is 16.4. The molecule has 0 aliphatic heterocycles. The normalized spacial score (nSPS) is 11.6. The summed E-state index contributed by atoms with van der Waals surface area (Å²) in [5.74, 6) is -2.66. The van der Waals surface area contributed by atoms with E-state index in [1.54, 1.807) is 6.20 Å². The van der Waals surface area contributed by atoms with E-state index in [1.807, 2.05) is 13.8 Å². The molecule has 148 valence electrons. The van der Waals surface area contributed by atoms with Gasteiger partial charge in [-0.05, 0) is 23.6 Å². The van der Waals surface area contributed by atoms with Gasteiger partial charge in [0.25, 0.3) is 0 Å². The molecule has 0 aliphatic rings. The van der Waals surface area contributed by atoms with Crippen LogP contribution in [0.25, 0.3) is 0 Å². The number of nitrogens with one attached hydrogen (secondary N) is 2. The zero-order chi connectivity index (χ0) is 19.3. The summed E-state index contributed by atoms with van der Waals surface area (Å²) in [6, 6.07) is 3.01. The van der Waals surface area contributed by atoms with Crippen LogP contribution in [-0.4, -0.2) is 29.4 Å². The smallest absolute Gasteiger partial charge is 0.245 e. The number of nitrogens with zero attached hydrogens (tertiary/aromatic N) is 1. The lowest BCUT2D eigenvalue weighted by atomic mass is 10.1. The Morgan fingerprint density at radius 2 is 1.96 bits per heavy atom. The first-order valence-corrected chi connectivity index (χ1v) is 8.79. The van der Waals surface area contributed by atoms with Crippen LogP contribution in [0.1, 0.15) is 24.3 Å². The standard InChI is InChI=1S/C17H20F2N4O2S.ClH/c1-9(2)15(20)16(25)21-8-14(24)23-17-22-7-11(26-17)5-10-3-4-12(18)13(19)6-10;/h3-4,6-7,9,15H,5,8,20H2,1-2H3,(H,21,25)(H,22,23,24);1H/t15-;/m0./s1. The molecule has 0 unspecified atom stereocenters. The van der Waals surface area contributed by atoms with E-state index in [4.69, 9.17) is 5.73 Å². The molecule has 1 aromatic heterocycles. The van der Waals surface area contributed by atoms with E-state index < -0.39 is 29.5 Å². The number of amides is 2. The number of anilines is 1. The highest BCUT2D eigenvalue weighted by Gasteiger charge is 2.18. The molecule has 2 rings (SSSR count). The topological polar surface area (TPSA) is 97.1 Å². The number of thiazole rings is 1. The van der Waals surface area contributed by atoms with Crippen molar-refractivity contribution in [3.63, 3.8) is 0 Å². The Balaban J connectivity index is 0.00000364. The van der Waals surface area contributed by atoms with Crippen LogP contribution in [0, 0.1) is 17.6 Å².